The zero-order chi connectivity index (χ0) is 24.0. The smallest absolute Gasteiger partial charge is 0.329 e. The van der Waals surface area contributed by atoms with Gasteiger partial charge in [-0.1, -0.05) is 18.2 Å². The van der Waals surface area contributed by atoms with Crippen molar-refractivity contribution in [3.63, 3.8) is 0 Å². The number of aryl methyl sites for hydroxylation is 2. The Labute approximate surface area is 197 Å². The predicted molar refractivity (Wildman–Crippen MR) is 131 cm³/mol. The number of methoxy groups -OCH3 is 1. The highest BCUT2D eigenvalue weighted by Gasteiger charge is 2.18. The topological polar surface area (TPSA) is 81.9 Å². The van der Waals surface area contributed by atoms with Gasteiger partial charge >= 0.3 is 5.69 Å². The van der Waals surface area contributed by atoms with Crippen molar-refractivity contribution in [2.45, 2.75) is 20.4 Å². The Hall–Kier alpha value is -3.98. The summed E-state index contributed by atoms with van der Waals surface area (Å²) in [5, 5.41) is 0.468. The van der Waals surface area contributed by atoms with E-state index in [1.165, 1.54) is 23.5 Å². The fourth-order valence-electron chi connectivity index (χ4n) is 4.03. The lowest BCUT2D eigenvalue weighted by Gasteiger charge is -2.11. The molecule has 2 aromatic carbocycles. The van der Waals surface area contributed by atoms with Gasteiger partial charge < -0.3 is 9.30 Å². The number of H-pyrrole nitrogens is 1. The van der Waals surface area contributed by atoms with E-state index in [1.807, 2.05) is 42.8 Å². The number of thiophene rings is 1. The van der Waals surface area contributed by atoms with Crippen molar-refractivity contribution in [1.29, 1.82) is 0 Å². The maximum atomic E-state index is 13.3. The first-order valence-electron chi connectivity index (χ1n) is 10.6. The summed E-state index contributed by atoms with van der Waals surface area (Å²) in [5.41, 5.74) is 3.19. The first-order valence-corrected chi connectivity index (χ1v) is 11.4. The number of benzene rings is 2. The van der Waals surface area contributed by atoms with Crippen molar-refractivity contribution in [3.8, 4) is 21.9 Å². The van der Waals surface area contributed by atoms with Gasteiger partial charge in [0.05, 0.1) is 36.7 Å². The van der Waals surface area contributed by atoms with Gasteiger partial charge in [-0.15, -0.1) is 11.3 Å². The van der Waals surface area contributed by atoms with Crippen molar-refractivity contribution < 1.29 is 9.13 Å². The van der Waals surface area contributed by atoms with E-state index >= 15 is 0 Å². The Balaban J connectivity index is 1.61. The molecule has 0 aliphatic heterocycles. The maximum absolute atomic E-state index is 13.3. The van der Waals surface area contributed by atoms with Crippen LogP contribution in [0, 0.1) is 19.7 Å². The van der Waals surface area contributed by atoms with Crippen LogP contribution in [0.25, 0.3) is 26.3 Å². The maximum Gasteiger partial charge on any atom is 0.329 e. The molecule has 0 atom stereocenters. The molecule has 0 saturated carbocycles. The molecule has 0 fully saturated rings. The van der Waals surface area contributed by atoms with Gasteiger partial charge in [-0.3, -0.25) is 14.3 Å². The molecule has 1 N–H and O–H groups in total. The second kappa shape index (κ2) is 8.42. The molecular formula is C25H21FN4O3S. The number of nitrogens with one attached hydrogen (secondary N) is 1. The predicted octanol–water partition coefficient (Wildman–Crippen LogP) is 4.42. The van der Waals surface area contributed by atoms with Crippen LogP contribution in [0.3, 0.4) is 0 Å². The normalized spacial score (nSPS) is 11.3. The van der Waals surface area contributed by atoms with Gasteiger partial charge in [0.15, 0.2) is 0 Å². The Bertz CT molecular complexity index is 1640. The van der Waals surface area contributed by atoms with E-state index in [-0.39, 0.29) is 17.9 Å². The molecule has 5 rings (SSSR count). The van der Waals surface area contributed by atoms with E-state index < -0.39 is 5.69 Å². The first-order chi connectivity index (χ1) is 16.4. The summed E-state index contributed by atoms with van der Waals surface area (Å²) in [6.45, 7) is 3.85. The second-order valence-corrected chi connectivity index (χ2v) is 9.04. The third-order valence-corrected chi connectivity index (χ3v) is 7.01. The van der Waals surface area contributed by atoms with Crippen LogP contribution in [0.2, 0.25) is 0 Å². The quantitative estimate of drug-likeness (QED) is 0.407. The van der Waals surface area contributed by atoms with Crippen LogP contribution in [0.1, 0.15) is 16.8 Å². The lowest BCUT2D eigenvalue weighted by Crippen LogP contribution is -2.35. The van der Waals surface area contributed by atoms with E-state index in [9.17, 15) is 14.0 Å². The standard InChI is InChI=1S/C25H21FN4O3S/c1-14-11-29(13-27-14)19-9-6-17(10-20(19)33-3)22-15(2)21-23(34-22)28-25(32)30(24(21)31)12-16-4-7-18(26)8-5-16/h4-11,13H,12H2,1-3H3,(H,28,32). The van der Waals surface area contributed by atoms with Crippen molar-refractivity contribution in [2.24, 2.45) is 0 Å². The zero-order valence-corrected chi connectivity index (χ0v) is 19.6. The molecule has 0 spiro atoms. The largest absolute Gasteiger partial charge is 0.495 e. The second-order valence-electron chi connectivity index (χ2n) is 8.02. The molecule has 3 aromatic heterocycles. The van der Waals surface area contributed by atoms with Gasteiger partial charge in [-0.05, 0) is 54.8 Å². The zero-order valence-electron chi connectivity index (χ0n) is 18.8. The van der Waals surface area contributed by atoms with Gasteiger partial charge in [0, 0.05) is 11.1 Å². The summed E-state index contributed by atoms with van der Waals surface area (Å²) >= 11 is 1.35. The van der Waals surface area contributed by atoms with Crippen molar-refractivity contribution in [2.75, 3.05) is 7.11 Å². The number of nitrogens with zero attached hydrogens (tertiary/aromatic N) is 3. The molecule has 172 valence electrons. The van der Waals surface area contributed by atoms with Gasteiger partial charge in [0.25, 0.3) is 5.56 Å². The molecule has 0 bridgehead atoms. The Morgan fingerprint density at radius 2 is 1.88 bits per heavy atom. The molecule has 0 unspecified atom stereocenters. The van der Waals surface area contributed by atoms with Crippen molar-refractivity contribution in [3.05, 3.63) is 98.5 Å². The van der Waals surface area contributed by atoms with Gasteiger partial charge in [0.1, 0.15) is 16.4 Å². The molecule has 0 radical (unpaired) electrons. The monoisotopic (exact) mass is 476 g/mol. The minimum Gasteiger partial charge on any atom is -0.495 e. The molecule has 5 aromatic rings. The summed E-state index contributed by atoms with van der Waals surface area (Å²) < 4.78 is 21.9. The van der Waals surface area contributed by atoms with Crippen LogP contribution < -0.4 is 16.0 Å². The van der Waals surface area contributed by atoms with E-state index in [0.717, 1.165) is 32.0 Å². The van der Waals surface area contributed by atoms with E-state index in [2.05, 4.69) is 9.97 Å². The van der Waals surface area contributed by atoms with Crippen LogP contribution >= 0.6 is 11.3 Å². The molecule has 34 heavy (non-hydrogen) atoms. The lowest BCUT2D eigenvalue weighted by molar-refractivity contribution is 0.413. The first kappa shape index (κ1) is 21.8. The highest BCUT2D eigenvalue weighted by molar-refractivity contribution is 7.22. The highest BCUT2D eigenvalue weighted by atomic mass is 32.1. The van der Waals surface area contributed by atoms with Gasteiger partial charge in [0.2, 0.25) is 0 Å². The molecule has 0 aliphatic rings. The third kappa shape index (κ3) is 3.73. The number of aromatic amines is 1. The average Bonchev–Trinajstić information content (AvgIpc) is 3.40. The number of aromatic nitrogens is 4. The molecule has 0 saturated heterocycles. The SMILES string of the molecule is COc1cc(-c2sc3[nH]c(=O)n(Cc4ccc(F)cc4)c(=O)c3c2C)ccc1-n1cnc(C)c1. The number of hydrogen-bond donors (Lipinski definition) is 1. The van der Waals surface area contributed by atoms with Crippen LogP contribution in [0.15, 0.2) is 64.6 Å². The number of ether oxygens (including phenoxy) is 1. The molecule has 0 amide bonds. The van der Waals surface area contributed by atoms with Gasteiger partial charge in [-0.2, -0.15) is 0 Å². The van der Waals surface area contributed by atoms with Crippen molar-refractivity contribution >= 4 is 21.6 Å². The lowest BCUT2D eigenvalue weighted by atomic mass is 10.1. The summed E-state index contributed by atoms with van der Waals surface area (Å²) in [6.07, 6.45) is 3.64. The van der Waals surface area contributed by atoms with Crippen LogP contribution in [-0.2, 0) is 6.54 Å². The number of fused-ring (bicyclic) bond motifs is 1. The van der Waals surface area contributed by atoms with Crippen LogP contribution in [0.5, 0.6) is 5.75 Å². The van der Waals surface area contributed by atoms with E-state index in [4.69, 9.17) is 4.74 Å². The summed E-state index contributed by atoms with van der Waals surface area (Å²) in [7, 11) is 1.61. The molecule has 9 heteroatoms. The Morgan fingerprint density at radius 1 is 1.12 bits per heavy atom. The van der Waals surface area contributed by atoms with Crippen LogP contribution in [0.4, 0.5) is 4.39 Å². The Morgan fingerprint density at radius 3 is 2.56 bits per heavy atom. The number of imidazole rings is 1. The number of rotatable bonds is 5. The van der Waals surface area contributed by atoms with Gasteiger partial charge in [-0.25, -0.2) is 14.2 Å². The number of hydrogen-bond acceptors (Lipinski definition) is 5. The molecule has 7 nitrogen and oxygen atoms in total. The third-order valence-electron chi connectivity index (χ3n) is 5.76. The highest BCUT2D eigenvalue weighted by Crippen LogP contribution is 2.38. The van der Waals surface area contributed by atoms with E-state index in [1.54, 1.807) is 25.6 Å². The molecular weight excluding hydrogens is 455 g/mol. The average molecular weight is 477 g/mol. The fraction of sp³-hybridized carbons (Fsp3) is 0.160. The minimum atomic E-state index is -0.502. The minimum absolute atomic E-state index is 0.0574. The summed E-state index contributed by atoms with van der Waals surface area (Å²) in [5.74, 6) is 0.289. The van der Waals surface area contributed by atoms with E-state index in [0.29, 0.717) is 21.5 Å². The summed E-state index contributed by atoms with van der Waals surface area (Å²) in [4.78, 5) is 34.5. The molecule has 0 aliphatic carbocycles. The van der Waals surface area contributed by atoms with Crippen molar-refractivity contribution in [1.82, 2.24) is 19.1 Å². The summed E-state index contributed by atoms with van der Waals surface area (Å²) in [6, 6.07) is 11.6. The Kier molecular flexibility index (Phi) is 5.41. The van der Waals surface area contributed by atoms with Crippen LogP contribution in [-0.4, -0.2) is 26.2 Å². The number of halogens is 1. The fourth-order valence-corrected chi connectivity index (χ4v) is 5.21. The molecule has 3 heterocycles.